The minimum Gasteiger partial charge on any atom is -0.507 e. The van der Waals surface area contributed by atoms with Gasteiger partial charge in [0.25, 0.3) is 0 Å². The van der Waals surface area contributed by atoms with Crippen LogP contribution in [0.1, 0.15) is 13.8 Å². The van der Waals surface area contributed by atoms with Gasteiger partial charge in [0, 0.05) is 10.3 Å². The summed E-state index contributed by atoms with van der Waals surface area (Å²) in [5.74, 6) is 1.15. The van der Waals surface area contributed by atoms with E-state index >= 15 is 0 Å². The lowest BCUT2D eigenvalue weighted by Crippen LogP contribution is -2.04. The molecule has 0 amide bonds. The Morgan fingerprint density at radius 3 is 2.71 bits per heavy atom. The highest BCUT2D eigenvalue weighted by molar-refractivity contribution is 9.10. The molecule has 0 radical (unpaired) electrons. The Morgan fingerprint density at radius 1 is 1.29 bits per heavy atom. The van der Waals surface area contributed by atoms with Crippen LogP contribution in [0.2, 0.25) is 0 Å². The quantitative estimate of drug-likeness (QED) is 0.892. The number of benzene rings is 1. The van der Waals surface area contributed by atoms with E-state index in [1.54, 1.807) is 17.4 Å². The number of thiophene rings is 1. The lowest BCUT2D eigenvalue weighted by molar-refractivity contribution is 0.243. The van der Waals surface area contributed by atoms with Crippen LogP contribution in [-0.2, 0) is 0 Å². The summed E-state index contributed by atoms with van der Waals surface area (Å²) in [5.41, 5.74) is 1.07. The lowest BCUT2D eigenvalue weighted by Gasteiger charge is -2.06. The number of phenols is 1. The van der Waals surface area contributed by atoms with Gasteiger partial charge in [-0.1, -0.05) is 0 Å². The molecule has 0 unspecified atom stereocenters. The largest absolute Gasteiger partial charge is 0.507 e. The van der Waals surface area contributed by atoms with Gasteiger partial charge in [-0.3, -0.25) is 0 Å². The van der Waals surface area contributed by atoms with Crippen LogP contribution in [0, 0.1) is 0 Å². The average molecular weight is 313 g/mol. The van der Waals surface area contributed by atoms with E-state index in [2.05, 4.69) is 15.9 Å². The molecule has 0 spiro atoms. The van der Waals surface area contributed by atoms with Gasteiger partial charge >= 0.3 is 0 Å². The summed E-state index contributed by atoms with van der Waals surface area (Å²) < 4.78 is 6.32. The molecule has 1 N–H and O–H groups in total. The zero-order valence-corrected chi connectivity index (χ0v) is 12.0. The monoisotopic (exact) mass is 312 g/mol. The van der Waals surface area contributed by atoms with Crippen LogP contribution in [0.5, 0.6) is 11.5 Å². The summed E-state index contributed by atoms with van der Waals surface area (Å²) in [6, 6.07) is 7.50. The molecule has 0 bridgehead atoms. The van der Waals surface area contributed by atoms with Crippen molar-refractivity contribution in [2.75, 3.05) is 0 Å². The van der Waals surface area contributed by atoms with E-state index in [9.17, 15) is 5.11 Å². The molecule has 1 heterocycles. The highest BCUT2D eigenvalue weighted by Crippen LogP contribution is 2.35. The van der Waals surface area contributed by atoms with Crippen molar-refractivity contribution in [1.29, 1.82) is 0 Å². The smallest absolute Gasteiger partial charge is 0.131 e. The number of rotatable bonds is 3. The first kappa shape index (κ1) is 12.5. The SMILES string of the molecule is CC(C)Oc1csc(-c2ccc(O)c(Br)c2)c1. The van der Waals surface area contributed by atoms with Gasteiger partial charge in [-0.05, 0) is 59.6 Å². The molecule has 90 valence electrons. The van der Waals surface area contributed by atoms with Crippen molar-refractivity contribution in [3.63, 3.8) is 0 Å². The Balaban J connectivity index is 2.27. The molecule has 2 rings (SSSR count). The molecule has 17 heavy (non-hydrogen) atoms. The van der Waals surface area contributed by atoms with E-state index in [0.29, 0.717) is 4.47 Å². The average Bonchev–Trinajstić information content (AvgIpc) is 2.69. The summed E-state index contributed by atoms with van der Waals surface area (Å²) in [6.07, 6.45) is 0.184. The van der Waals surface area contributed by atoms with E-state index in [1.807, 2.05) is 37.4 Å². The lowest BCUT2D eigenvalue weighted by atomic mass is 10.2. The fourth-order valence-electron chi connectivity index (χ4n) is 1.46. The fraction of sp³-hybridized carbons (Fsp3) is 0.231. The molecule has 4 heteroatoms. The third-order valence-electron chi connectivity index (χ3n) is 2.18. The summed E-state index contributed by atoms with van der Waals surface area (Å²) in [7, 11) is 0. The molecule has 0 fully saturated rings. The van der Waals surface area contributed by atoms with Gasteiger partial charge in [-0.15, -0.1) is 11.3 Å². The standard InChI is InChI=1S/C13H13BrO2S/c1-8(2)16-10-6-13(17-7-10)9-3-4-12(15)11(14)5-9/h3-8,15H,1-2H3. The number of aromatic hydroxyl groups is 1. The van der Waals surface area contributed by atoms with Crippen molar-refractivity contribution in [3.8, 4) is 21.9 Å². The molecule has 0 aliphatic rings. The molecule has 0 aliphatic carbocycles. The Morgan fingerprint density at radius 2 is 2.06 bits per heavy atom. The Kier molecular flexibility index (Phi) is 3.74. The Hall–Kier alpha value is -1.00. The Bertz CT molecular complexity index is 520. The topological polar surface area (TPSA) is 29.5 Å². The zero-order valence-electron chi connectivity index (χ0n) is 9.61. The molecule has 0 saturated heterocycles. The van der Waals surface area contributed by atoms with Gasteiger partial charge in [-0.2, -0.15) is 0 Å². The van der Waals surface area contributed by atoms with Crippen molar-refractivity contribution >= 4 is 27.3 Å². The number of hydrogen-bond donors (Lipinski definition) is 1. The van der Waals surface area contributed by atoms with E-state index < -0.39 is 0 Å². The van der Waals surface area contributed by atoms with Gasteiger partial charge < -0.3 is 9.84 Å². The maximum absolute atomic E-state index is 9.45. The van der Waals surface area contributed by atoms with Crippen molar-refractivity contribution < 1.29 is 9.84 Å². The maximum Gasteiger partial charge on any atom is 0.131 e. The van der Waals surface area contributed by atoms with Crippen LogP contribution in [-0.4, -0.2) is 11.2 Å². The zero-order chi connectivity index (χ0) is 12.4. The fourth-order valence-corrected chi connectivity index (χ4v) is 2.66. The first-order valence-electron chi connectivity index (χ1n) is 5.30. The first-order chi connectivity index (χ1) is 8.06. The van der Waals surface area contributed by atoms with Crippen molar-refractivity contribution in [3.05, 3.63) is 34.1 Å². The third-order valence-corrected chi connectivity index (χ3v) is 3.77. The molecule has 1 aromatic carbocycles. The highest BCUT2D eigenvalue weighted by atomic mass is 79.9. The minimum absolute atomic E-state index is 0.184. The number of halogens is 1. The summed E-state index contributed by atoms with van der Waals surface area (Å²) in [6.45, 7) is 4.02. The second-order valence-electron chi connectivity index (χ2n) is 3.98. The van der Waals surface area contributed by atoms with E-state index in [4.69, 9.17) is 4.74 Å². The maximum atomic E-state index is 9.45. The van der Waals surface area contributed by atoms with Gasteiger partial charge in [0.05, 0.1) is 10.6 Å². The second kappa shape index (κ2) is 5.10. The predicted molar refractivity (Wildman–Crippen MR) is 74.9 cm³/mol. The molecular formula is C13H13BrO2S. The summed E-state index contributed by atoms with van der Waals surface area (Å²) >= 11 is 4.95. The Labute approximate surface area is 113 Å². The normalized spacial score (nSPS) is 10.8. The van der Waals surface area contributed by atoms with E-state index in [1.165, 1.54) is 0 Å². The van der Waals surface area contributed by atoms with Crippen LogP contribution in [0.3, 0.4) is 0 Å². The van der Waals surface area contributed by atoms with Crippen LogP contribution in [0.25, 0.3) is 10.4 Å². The molecular weight excluding hydrogens is 300 g/mol. The van der Waals surface area contributed by atoms with E-state index in [0.717, 1.165) is 16.2 Å². The number of phenolic OH excluding ortho intramolecular Hbond substituents is 1. The molecule has 0 aliphatic heterocycles. The molecule has 0 atom stereocenters. The van der Waals surface area contributed by atoms with E-state index in [-0.39, 0.29) is 11.9 Å². The van der Waals surface area contributed by atoms with Gasteiger partial charge in [-0.25, -0.2) is 0 Å². The highest BCUT2D eigenvalue weighted by Gasteiger charge is 2.07. The minimum atomic E-state index is 0.184. The van der Waals surface area contributed by atoms with Gasteiger partial charge in [0.1, 0.15) is 11.5 Å². The summed E-state index contributed by atoms with van der Waals surface area (Å²) in [5, 5.41) is 11.4. The van der Waals surface area contributed by atoms with Crippen LogP contribution in [0.4, 0.5) is 0 Å². The third kappa shape index (κ3) is 3.01. The molecule has 1 aromatic heterocycles. The van der Waals surface area contributed by atoms with Crippen molar-refractivity contribution in [1.82, 2.24) is 0 Å². The van der Waals surface area contributed by atoms with Gasteiger partial charge in [0.2, 0.25) is 0 Å². The van der Waals surface area contributed by atoms with Crippen LogP contribution < -0.4 is 4.74 Å². The molecule has 2 aromatic rings. The first-order valence-corrected chi connectivity index (χ1v) is 6.97. The van der Waals surface area contributed by atoms with Gasteiger partial charge in [0.15, 0.2) is 0 Å². The van der Waals surface area contributed by atoms with Crippen LogP contribution >= 0.6 is 27.3 Å². The van der Waals surface area contributed by atoms with Crippen LogP contribution in [0.15, 0.2) is 34.1 Å². The second-order valence-corrected chi connectivity index (χ2v) is 5.75. The molecule has 2 nitrogen and oxygen atoms in total. The van der Waals surface area contributed by atoms with Crippen molar-refractivity contribution in [2.45, 2.75) is 20.0 Å². The molecule has 0 saturated carbocycles. The predicted octanol–water partition coefficient (Wildman–Crippen LogP) is 4.67. The number of hydrogen-bond acceptors (Lipinski definition) is 3. The summed E-state index contributed by atoms with van der Waals surface area (Å²) in [4.78, 5) is 1.13. The van der Waals surface area contributed by atoms with Crippen molar-refractivity contribution in [2.24, 2.45) is 0 Å². The number of ether oxygens (including phenoxy) is 1.